The molecule has 1 N–H and O–H groups in total. The van der Waals surface area contributed by atoms with Gasteiger partial charge in [0.2, 0.25) is 11.0 Å². The van der Waals surface area contributed by atoms with E-state index in [4.69, 9.17) is 0 Å². The molecule has 3 rings (SSSR count). The quantitative estimate of drug-likeness (QED) is 0.908. The highest BCUT2D eigenvalue weighted by Crippen LogP contribution is 2.20. The van der Waals surface area contributed by atoms with Crippen LogP contribution in [0.1, 0.15) is 38.4 Å². The third-order valence-electron chi connectivity index (χ3n) is 4.46. The van der Waals surface area contributed by atoms with Crippen LogP contribution in [0.15, 0.2) is 0 Å². The zero-order chi connectivity index (χ0) is 15.4. The molecule has 2 aliphatic rings. The molecule has 0 unspecified atom stereocenters. The van der Waals surface area contributed by atoms with E-state index in [0.717, 1.165) is 69.4 Å². The summed E-state index contributed by atoms with van der Waals surface area (Å²) in [4.78, 5) is 21.5. The van der Waals surface area contributed by atoms with Crippen molar-refractivity contribution in [3.05, 3.63) is 5.82 Å². The molecule has 2 fully saturated rings. The topological polar surface area (TPSA) is 61.4 Å². The number of piperidine rings is 1. The van der Waals surface area contributed by atoms with Gasteiger partial charge in [0.1, 0.15) is 5.82 Å². The third-order valence-corrected chi connectivity index (χ3v) is 5.27. The molecule has 6 nitrogen and oxygen atoms in total. The molecule has 1 amide bonds. The number of nitrogens with one attached hydrogen (secondary N) is 1. The Kier molecular flexibility index (Phi) is 5.25. The maximum Gasteiger partial charge on any atom is 0.239 e. The number of nitrogens with zero attached hydrogens (tertiary/aromatic N) is 4. The number of hydrogen-bond donors (Lipinski definition) is 1. The fourth-order valence-electron chi connectivity index (χ4n) is 3.13. The number of aromatic nitrogens is 2. The Labute approximate surface area is 136 Å². The molecular formula is C15H25N5OS. The normalized spacial score (nSPS) is 23.4. The number of aryl methyl sites for hydroxylation is 1. The standard InChI is InChI=1S/C15H25N5OS/c1-2-13-17-15(22-18-13)20-9-5-8-19(10-11-20)14(21)12-6-3-4-7-16-12/h12,16H,2-11H2,1H3/t12-/m1/s1. The van der Waals surface area contributed by atoms with Crippen molar-refractivity contribution in [2.45, 2.75) is 45.1 Å². The largest absolute Gasteiger partial charge is 0.345 e. The molecule has 1 aromatic rings. The van der Waals surface area contributed by atoms with Gasteiger partial charge in [-0.2, -0.15) is 4.37 Å². The monoisotopic (exact) mass is 323 g/mol. The first-order valence-electron chi connectivity index (χ1n) is 8.37. The van der Waals surface area contributed by atoms with Crippen molar-refractivity contribution in [3.63, 3.8) is 0 Å². The van der Waals surface area contributed by atoms with Crippen LogP contribution in [-0.2, 0) is 11.2 Å². The van der Waals surface area contributed by atoms with E-state index in [0.29, 0.717) is 0 Å². The summed E-state index contributed by atoms with van der Waals surface area (Å²) in [6, 6.07) is 0.0357. The lowest BCUT2D eigenvalue weighted by Gasteiger charge is -2.29. The van der Waals surface area contributed by atoms with Crippen molar-refractivity contribution in [3.8, 4) is 0 Å². The highest BCUT2D eigenvalue weighted by atomic mass is 32.1. The third kappa shape index (κ3) is 3.57. The molecule has 2 aliphatic heterocycles. The molecule has 3 heterocycles. The molecule has 0 aromatic carbocycles. The van der Waals surface area contributed by atoms with Gasteiger partial charge in [-0.25, -0.2) is 4.98 Å². The van der Waals surface area contributed by atoms with Crippen LogP contribution in [0.3, 0.4) is 0 Å². The van der Waals surface area contributed by atoms with E-state index < -0.39 is 0 Å². The molecular weight excluding hydrogens is 298 g/mol. The van der Waals surface area contributed by atoms with Crippen molar-refractivity contribution in [2.75, 3.05) is 37.6 Å². The van der Waals surface area contributed by atoms with Crippen molar-refractivity contribution < 1.29 is 4.79 Å². The van der Waals surface area contributed by atoms with E-state index in [1.54, 1.807) is 0 Å². The Morgan fingerprint density at radius 2 is 2.18 bits per heavy atom. The second-order valence-electron chi connectivity index (χ2n) is 6.02. The van der Waals surface area contributed by atoms with Crippen LogP contribution in [0.2, 0.25) is 0 Å². The van der Waals surface area contributed by atoms with Crippen LogP contribution in [0.5, 0.6) is 0 Å². The highest BCUT2D eigenvalue weighted by Gasteiger charge is 2.27. The summed E-state index contributed by atoms with van der Waals surface area (Å²) in [7, 11) is 0. The predicted octanol–water partition coefficient (Wildman–Crippen LogP) is 1.28. The van der Waals surface area contributed by atoms with E-state index in [1.807, 2.05) is 4.90 Å². The average molecular weight is 323 g/mol. The maximum absolute atomic E-state index is 12.6. The molecule has 1 atom stereocenters. The van der Waals surface area contributed by atoms with Gasteiger partial charge in [-0.1, -0.05) is 13.3 Å². The number of carbonyl (C=O) groups is 1. The van der Waals surface area contributed by atoms with Gasteiger partial charge in [-0.15, -0.1) is 0 Å². The molecule has 22 heavy (non-hydrogen) atoms. The number of amides is 1. The maximum atomic E-state index is 12.6. The molecule has 122 valence electrons. The number of anilines is 1. The zero-order valence-corrected chi connectivity index (χ0v) is 14.1. The van der Waals surface area contributed by atoms with Gasteiger partial charge < -0.3 is 15.1 Å². The molecule has 2 saturated heterocycles. The van der Waals surface area contributed by atoms with Gasteiger partial charge >= 0.3 is 0 Å². The lowest BCUT2D eigenvalue weighted by molar-refractivity contribution is -0.133. The smallest absolute Gasteiger partial charge is 0.239 e. The molecule has 0 bridgehead atoms. The van der Waals surface area contributed by atoms with Crippen molar-refractivity contribution in [2.24, 2.45) is 0 Å². The van der Waals surface area contributed by atoms with Crippen LogP contribution in [0.4, 0.5) is 5.13 Å². The summed E-state index contributed by atoms with van der Waals surface area (Å²) in [6.45, 7) is 6.51. The summed E-state index contributed by atoms with van der Waals surface area (Å²) >= 11 is 1.48. The van der Waals surface area contributed by atoms with E-state index in [2.05, 4.69) is 26.5 Å². The van der Waals surface area contributed by atoms with Gasteiger partial charge in [0, 0.05) is 44.1 Å². The lowest BCUT2D eigenvalue weighted by atomic mass is 10.0. The van der Waals surface area contributed by atoms with Crippen molar-refractivity contribution in [1.29, 1.82) is 0 Å². The highest BCUT2D eigenvalue weighted by molar-refractivity contribution is 7.09. The SMILES string of the molecule is CCc1nsc(N2CCCN(C(=O)[C@H]3CCCCN3)CC2)n1. The minimum Gasteiger partial charge on any atom is -0.345 e. The van der Waals surface area contributed by atoms with Gasteiger partial charge in [0.25, 0.3) is 0 Å². The number of carbonyl (C=O) groups excluding carboxylic acids is 1. The molecule has 0 radical (unpaired) electrons. The van der Waals surface area contributed by atoms with E-state index in [9.17, 15) is 4.79 Å². The fourth-order valence-corrected chi connectivity index (χ4v) is 3.93. The molecule has 1 aromatic heterocycles. The Hall–Kier alpha value is -1.21. The minimum atomic E-state index is 0.0357. The second kappa shape index (κ2) is 7.37. The summed E-state index contributed by atoms with van der Waals surface area (Å²) < 4.78 is 4.37. The average Bonchev–Trinajstić information content (AvgIpc) is 2.92. The van der Waals surface area contributed by atoms with Gasteiger partial charge in [-0.05, 0) is 25.8 Å². The number of hydrogen-bond acceptors (Lipinski definition) is 6. The first-order chi connectivity index (χ1) is 10.8. The van der Waals surface area contributed by atoms with E-state index in [-0.39, 0.29) is 11.9 Å². The van der Waals surface area contributed by atoms with Crippen LogP contribution in [0, 0.1) is 0 Å². The van der Waals surface area contributed by atoms with Gasteiger partial charge in [0.15, 0.2) is 0 Å². The molecule has 0 saturated carbocycles. The first-order valence-corrected chi connectivity index (χ1v) is 9.15. The lowest BCUT2D eigenvalue weighted by Crippen LogP contribution is -2.49. The van der Waals surface area contributed by atoms with E-state index >= 15 is 0 Å². The molecule has 7 heteroatoms. The van der Waals surface area contributed by atoms with Crippen LogP contribution >= 0.6 is 11.5 Å². The summed E-state index contributed by atoms with van der Waals surface area (Å²) in [5.41, 5.74) is 0. The summed E-state index contributed by atoms with van der Waals surface area (Å²) in [5.74, 6) is 1.21. The first kappa shape index (κ1) is 15.7. The van der Waals surface area contributed by atoms with Gasteiger partial charge in [-0.3, -0.25) is 4.79 Å². The summed E-state index contributed by atoms with van der Waals surface area (Å²) in [6.07, 6.45) is 5.21. The Morgan fingerprint density at radius 1 is 1.27 bits per heavy atom. The van der Waals surface area contributed by atoms with Gasteiger partial charge in [0.05, 0.1) is 6.04 Å². The molecule has 0 spiro atoms. The molecule has 0 aliphatic carbocycles. The number of rotatable bonds is 3. The fraction of sp³-hybridized carbons (Fsp3) is 0.800. The van der Waals surface area contributed by atoms with E-state index in [1.165, 1.54) is 18.0 Å². The Morgan fingerprint density at radius 3 is 2.91 bits per heavy atom. The van der Waals surface area contributed by atoms with Crippen LogP contribution in [-0.4, -0.2) is 58.9 Å². The van der Waals surface area contributed by atoms with Crippen molar-refractivity contribution >= 4 is 22.6 Å². The van der Waals surface area contributed by atoms with Crippen LogP contribution < -0.4 is 10.2 Å². The van der Waals surface area contributed by atoms with Crippen molar-refractivity contribution in [1.82, 2.24) is 19.6 Å². The second-order valence-corrected chi connectivity index (χ2v) is 6.75. The predicted molar refractivity (Wildman–Crippen MR) is 88.3 cm³/mol. The zero-order valence-electron chi connectivity index (χ0n) is 13.3. The Bertz CT molecular complexity index is 500. The Balaban J connectivity index is 1.58. The summed E-state index contributed by atoms with van der Waals surface area (Å²) in [5, 5.41) is 4.37. The minimum absolute atomic E-state index is 0.0357. The van der Waals surface area contributed by atoms with Crippen LogP contribution in [0.25, 0.3) is 0 Å².